The van der Waals surface area contributed by atoms with Crippen LogP contribution < -0.4 is 0 Å². The Morgan fingerprint density at radius 1 is 1.33 bits per heavy atom. The fourth-order valence-corrected chi connectivity index (χ4v) is 2.81. The van der Waals surface area contributed by atoms with Crippen molar-refractivity contribution in [2.75, 3.05) is 0 Å². The maximum atomic E-state index is 11.0. The predicted octanol–water partition coefficient (Wildman–Crippen LogP) is 4.46. The number of aromatic nitrogens is 2. The Balaban J connectivity index is 2.24. The van der Waals surface area contributed by atoms with Crippen LogP contribution in [0.15, 0.2) is 41.0 Å². The Morgan fingerprint density at radius 2 is 2.10 bits per heavy atom. The van der Waals surface area contributed by atoms with Gasteiger partial charge in [0.05, 0.1) is 11.3 Å². The van der Waals surface area contributed by atoms with Gasteiger partial charge in [-0.2, -0.15) is 5.10 Å². The van der Waals surface area contributed by atoms with E-state index >= 15 is 0 Å². The molecule has 0 saturated carbocycles. The Hall–Kier alpha value is -1.13. The van der Waals surface area contributed by atoms with Crippen molar-refractivity contribution in [3.8, 4) is 0 Å². The third-order valence-corrected chi connectivity index (χ3v) is 4.62. The molecular formula is C17H23BrN2O. The highest BCUT2D eigenvalue weighted by Gasteiger charge is 2.28. The minimum Gasteiger partial charge on any atom is -0.385 e. The van der Waals surface area contributed by atoms with E-state index in [1.807, 2.05) is 48.1 Å². The van der Waals surface area contributed by atoms with Gasteiger partial charge in [-0.25, -0.2) is 0 Å². The van der Waals surface area contributed by atoms with Gasteiger partial charge in [-0.1, -0.05) is 41.9 Å². The molecule has 2 unspecified atom stereocenters. The third kappa shape index (κ3) is 3.74. The zero-order valence-electron chi connectivity index (χ0n) is 12.9. The van der Waals surface area contributed by atoms with Gasteiger partial charge in [-0.05, 0) is 43.5 Å². The number of hydrogen-bond donors (Lipinski definition) is 1. The lowest BCUT2D eigenvalue weighted by atomic mass is 9.87. The topological polar surface area (TPSA) is 38.0 Å². The Kier molecular flexibility index (Phi) is 5.22. The number of rotatable bonds is 6. The molecule has 1 heterocycles. The van der Waals surface area contributed by atoms with E-state index in [-0.39, 0.29) is 0 Å². The van der Waals surface area contributed by atoms with Crippen LogP contribution in [0, 0.1) is 0 Å². The molecule has 1 aromatic heterocycles. The second kappa shape index (κ2) is 6.75. The number of benzene rings is 1. The van der Waals surface area contributed by atoms with Gasteiger partial charge >= 0.3 is 0 Å². The first-order valence-corrected chi connectivity index (χ1v) is 8.30. The van der Waals surface area contributed by atoms with E-state index in [0.29, 0.717) is 18.9 Å². The molecule has 0 aliphatic heterocycles. The number of halogens is 1. The summed E-state index contributed by atoms with van der Waals surface area (Å²) in [5, 5.41) is 15.6. The predicted molar refractivity (Wildman–Crippen MR) is 89.3 cm³/mol. The van der Waals surface area contributed by atoms with Gasteiger partial charge in [0, 0.05) is 23.1 Å². The molecule has 1 N–H and O–H groups in total. The second-order valence-corrected chi connectivity index (χ2v) is 6.53. The van der Waals surface area contributed by atoms with Crippen LogP contribution in [-0.2, 0) is 12.0 Å². The zero-order chi connectivity index (χ0) is 15.5. The van der Waals surface area contributed by atoms with Crippen molar-refractivity contribution in [2.45, 2.75) is 51.7 Å². The molecule has 114 valence electrons. The molecule has 2 aromatic rings. The van der Waals surface area contributed by atoms with E-state index in [9.17, 15) is 5.11 Å². The van der Waals surface area contributed by atoms with Crippen LogP contribution in [0.3, 0.4) is 0 Å². The number of aliphatic hydroxyl groups is 1. The molecule has 0 radical (unpaired) electrons. The largest absolute Gasteiger partial charge is 0.385 e. The smallest absolute Gasteiger partial charge is 0.0950 e. The minimum absolute atomic E-state index is 0.388. The van der Waals surface area contributed by atoms with Gasteiger partial charge in [-0.15, -0.1) is 0 Å². The molecule has 0 aliphatic rings. The van der Waals surface area contributed by atoms with Crippen LogP contribution >= 0.6 is 15.9 Å². The van der Waals surface area contributed by atoms with Crippen molar-refractivity contribution in [3.63, 3.8) is 0 Å². The lowest BCUT2D eigenvalue weighted by molar-refractivity contribution is 0.0315. The molecule has 2 rings (SSSR count). The summed E-state index contributed by atoms with van der Waals surface area (Å²) in [7, 11) is 0. The van der Waals surface area contributed by atoms with E-state index in [4.69, 9.17) is 0 Å². The zero-order valence-corrected chi connectivity index (χ0v) is 14.5. The number of nitrogens with zero attached hydrogens (tertiary/aromatic N) is 2. The van der Waals surface area contributed by atoms with Crippen molar-refractivity contribution in [3.05, 3.63) is 52.3 Å². The van der Waals surface area contributed by atoms with E-state index in [1.54, 1.807) is 0 Å². The average Bonchev–Trinajstić information content (AvgIpc) is 2.94. The van der Waals surface area contributed by atoms with Crippen molar-refractivity contribution in [2.24, 2.45) is 0 Å². The summed E-state index contributed by atoms with van der Waals surface area (Å²) in [6.45, 7) is 6.31. The first kappa shape index (κ1) is 16.2. The molecule has 0 fully saturated rings. The van der Waals surface area contributed by atoms with E-state index in [1.165, 1.54) is 0 Å². The summed E-state index contributed by atoms with van der Waals surface area (Å²) in [6.07, 6.45) is 4.23. The summed E-state index contributed by atoms with van der Waals surface area (Å²) >= 11 is 3.47. The molecule has 3 nitrogen and oxygen atoms in total. The Morgan fingerprint density at radius 3 is 2.71 bits per heavy atom. The normalized spacial score (nSPS) is 15.7. The molecule has 0 saturated heterocycles. The van der Waals surface area contributed by atoms with E-state index in [2.05, 4.69) is 34.9 Å². The van der Waals surface area contributed by atoms with Crippen molar-refractivity contribution in [1.29, 1.82) is 0 Å². The SMILES string of the molecule is CCC(C)n1ccc(CC(O)(CC)c2cccc(Br)c2)n1. The van der Waals surface area contributed by atoms with Crippen LogP contribution in [0.4, 0.5) is 0 Å². The van der Waals surface area contributed by atoms with Crippen LogP contribution in [0.25, 0.3) is 0 Å². The van der Waals surface area contributed by atoms with Crippen LogP contribution in [0.5, 0.6) is 0 Å². The highest BCUT2D eigenvalue weighted by molar-refractivity contribution is 9.10. The summed E-state index contributed by atoms with van der Waals surface area (Å²) in [5.41, 5.74) is 0.982. The molecule has 2 atom stereocenters. The summed E-state index contributed by atoms with van der Waals surface area (Å²) in [6, 6.07) is 10.3. The molecule has 0 bridgehead atoms. The van der Waals surface area contributed by atoms with E-state index in [0.717, 1.165) is 22.2 Å². The van der Waals surface area contributed by atoms with Gasteiger partial charge in [0.1, 0.15) is 0 Å². The van der Waals surface area contributed by atoms with E-state index < -0.39 is 5.60 Å². The lowest BCUT2D eigenvalue weighted by Gasteiger charge is -2.27. The molecule has 21 heavy (non-hydrogen) atoms. The van der Waals surface area contributed by atoms with Gasteiger partial charge in [0.15, 0.2) is 0 Å². The molecule has 0 aliphatic carbocycles. The second-order valence-electron chi connectivity index (χ2n) is 5.62. The Labute approximate surface area is 135 Å². The molecule has 4 heteroatoms. The highest BCUT2D eigenvalue weighted by atomic mass is 79.9. The third-order valence-electron chi connectivity index (χ3n) is 4.13. The van der Waals surface area contributed by atoms with Crippen LogP contribution in [0.2, 0.25) is 0 Å². The fourth-order valence-electron chi connectivity index (χ4n) is 2.41. The maximum Gasteiger partial charge on any atom is 0.0950 e. The van der Waals surface area contributed by atoms with Gasteiger partial charge in [-0.3, -0.25) is 4.68 Å². The quantitative estimate of drug-likeness (QED) is 0.835. The molecule has 1 aromatic carbocycles. The summed E-state index contributed by atoms with van der Waals surface area (Å²) in [5.74, 6) is 0. The van der Waals surface area contributed by atoms with Gasteiger partial charge in [0.25, 0.3) is 0 Å². The fraction of sp³-hybridized carbons (Fsp3) is 0.471. The number of hydrogen-bond acceptors (Lipinski definition) is 2. The van der Waals surface area contributed by atoms with Gasteiger partial charge < -0.3 is 5.11 Å². The minimum atomic E-state index is -0.877. The van der Waals surface area contributed by atoms with Crippen molar-refractivity contribution >= 4 is 15.9 Å². The standard InChI is InChI=1S/C17H23BrN2O/c1-4-13(3)20-10-9-16(19-20)12-17(21,5-2)14-7-6-8-15(18)11-14/h6-11,13,21H,4-5,12H2,1-3H3. The van der Waals surface area contributed by atoms with Crippen molar-refractivity contribution < 1.29 is 5.11 Å². The maximum absolute atomic E-state index is 11.0. The summed E-state index contributed by atoms with van der Waals surface area (Å²) < 4.78 is 2.96. The van der Waals surface area contributed by atoms with Crippen molar-refractivity contribution in [1.82, 2.24) is 9.78 Å². The molecule has 0 spiro atoms. The van der Waals surface area contributed by atoms with Gasteiger partial charge in [0.2, 0.25) is 0 Å². The first-order chi connectivity index (χ1) is 9.98. The van der Waals surface area contributed by atoms with Crippen LogP contribution in [-0.4, -0.2) is 14.9 Å². The highest BCUT2D eigenvalue weighted by Crippen LogP contribution is 2.30. The monoisotopic (exact) mass is 350 g/mol. The first-order valence-electron chi connectivity index (χ1n) is 7.51. The lowest BCUT2D eigenvalue weighted by Crippen LogP contribution is -2.28. The molecule has 0 amide bonds. The average molecular weight is 351 g/mol. The van der Waals surface area contributed by atoms with Crippen LogP contribution in [0.1, 0.15) is 50.9 Å². The molecular weight excluding hydrogens is 328 g/mol. The Bertz CT molecular complexity index is 596. The summed E-state index contributed by atoms with van der Waals surface area (Å²) in [4.78, 5) is 0.